The molecule has 3 heterocycles. The molecule has 0 unspecified atom stereocenters. The Morgan fingerprint density at radius 1 is 1.05 bits per heavy atom. The van der Waals surface area contributed by atoms with Gasteiger partial charge in [0.05, 0.1) is 29.5 Å². The zero-order valence-corrected chi connectivity index (χ0v) is 24.7. The summed E-state index contributed by atoms with van der Waals surface area (Å²) in [4.78, 5) is 31.3. The highest BCUT2D eigenvalue weighted by molar-refractivity contribution is 6.32. The summed E-state index contributed by atoms with van der Waals surface area (Å²) in [6, 6.07) is 9.10. The van der Waals surface area contributed by atoms with E-state index in [1.165, 1.54) is 6.33 Å². The van der Waals surface area contributed by atoms with Crippen LogP contribution in [0.1, 0.15) is 39.3 Å². The summed E-state index contributed by atoms with van der Waals surface area (Å²) in [5, 5.41) is 4.51. The van der Waals surface area contributed by atoms with Crippen molar-refractivity contribution in [3.63, 3.8) is 0 Å². The predicted molar refractivity (Wildman–Crippen MR) is 159 cm³/mol. The van der Waals surface area contributed by atoms with Crippen LogP contribution in [0, 0.1) is 0 Å². The fourth-order valence-electron chi connectivity index (χ4n) is 4.47. The van der Waals surface area contributed by atoms with Crippen LogP contribution in [0.2, 0.25) is 5.02 Å². The van der Waals surface area contributed by atoms with Gasteiger partial charge in [-0.3, -0.25) is 9.97 Å². The number of piperidine rings is 1. The molecule has 12 heteroatoms. The molecule has 1 saturated heterocycles. The summed E-state index contributed by atoms with van der Waals surface area (Å²) in [5.74, 6) is 2.24. The lowest BCUT2D eigenvalue weighted by Crippen LogP contribution is -2.44. The molecule has 1 aliphatic rings. The van der Waals surface area contributed by atoms with Crippen LogP contribution in [0.25, 0.3) is 10.9 Å². The number of ether oxygens (including phenoxy) is 4. The standard InChI is InChI=1S/C30H33ClN6O5/c1-30(2,3)42-29(38)37-11-7-21(8-12-37)41-27-14-22-24(15-26(27)39-4)34-18-35-28(22)36-19-5-6-25(23(31)13-19)40-17-20-16-32-9-10-33-20/h5-6,9-10,13-16,18,21H,7-8,11-12,17H2,1-4H3,(H,34,35,36). The van der Waals surface area contributed by atoms with Gasteiger partial charge in [-0.2, -0.15) is 0 Å². The van der Waals surface area contributed by atoms with E-state index in [1.807, 2.05) is 39.0 Å². The van der Waals surface area contributed by atoms with E-state index in [-0.39, 0.29) is 18.8 Å². The summed E-state index contributed by atoms with van der Waals surface area (Å²) in [6.45, 7) is 6.93. The first kappa shape index (κ1) is 29.1. The molecule has 0 aliphatic carbocycles. The monoisotopic (exact) mass is 592 g/mol. The van der Waals surface area contributed by atoms with Gasteiger partial charge in [0.25, 0.3) is 0 Å². The highest BCUT2D eigenvalue weighted by atomic mass is 35.5. The molecule has 4 aromatic rings. The lowest BCUT2D eigenvalue weighted by atomic mass is 10.1. The molecule has 1 aliphatic heterocycles. The summed E-state index contributed by atoms with van der Waals surface area (Å²) in [6.07, 6.45) is 7.28. The first-order valence-electron chi connectivity index (χ1n) is 13.6. The number of anilines is 2. The number of nitrogens with zero attached hydrogens (tertiary/aromatic N) is 5. The van der Waals surface area contributed by atoms with Crippen molar-refractivity contribution in [2.45, 2.75) is 51.9 Å². The number of nitrogens with one attached hydrogen (secondary N) is 1. The maximum Gasteiger partial charge on any atom is 0.410 e. The van der Waals surface area contributed by atoms with E-state index >= 15 is 0 Å². The van der Waals surface area contributed by atoms with Crippen LogP contribution in [0.15, 0.2) is 55.2 Å². The molecule has 0 atom stereocenters. The molecule has 42 heavy (non-hydrogen) atoms. The number of carbonyl (C=O) groups is 1. The molecule has 0 spiro atoms. The third-order valence-electron chi connectivity index (χ3n) is 6.49. The van der Waals surface area contributed by atoms with Crippen molar-refractivity contribution in [2.75, 3.05) is 25.5 Å². The smallest absolute Gasteiger partial charge is 0.410 e. The largest absolute Gasteiger partial charge is 0.493 e. The quantitative estimate of drug-likeness (QED) is 0.254. The van der Waals surface area contributed by atoms with Gasteiger partial charge < -0.3 is 29.2 Å². The summed E-state index contributed by atoms with van der Waals surface area (Å²) in [5.41, 5.74) is 1.58. The van der Waals surface area contributed by atoms with Crippen molar-refractivity contribution in [2.24, 2.45) is 0 Å². The second kappa shape index (κ2) is 12.6. The highest BCUT2D eigenvalue weighted by Gasteiger charge is 2.28. The van der Waals surface area contributed by atoms with E-state index in [9.17, 15) is 4.79 Å². The first-order chi connectivity index (χ1) is 20.2. The van der Waals surface area contributed by atoms with Crippen LogP contribution in [0.3, 0.4) is 0 Å². The van der Waals surface area contributed by atoms with E-state index < -0.39 is 5.60 Å². The number of rotatable bonds is 8. The van der Waals surface area contributed by atoms with E-state index in [0.717, 1.165) is 11.1 Å². The topological polar surface area (TPSA) is 121 Å². The summed E-state index contributed by atoms with van der Waals surface area (Å²) < 4.78 is 23.3. The highest BCUT2D eigenvalue weighted by Crippen LogP contribution is 2.37. The third kappa shape index (κ3) is 7.27. The number of carbonyl (C=O) groups excluding carboxylic acids is 1. The Morgan fingerprint density at radius 2 is 1.86 bits per heavy atom. The Hall–Kier alpha value is -4.38. The van der Waals surface area contributed by atoms with E-state index in [0.29, 0.717) is 65.2 Å². The number of benzene rings is 2. The minimum absolute atomic E-state index is 0.0932. The number of halogens is 1. The van der Waals surface area contributed by atoms with Crippen LogP contribution in [-0.4, -0.2) is 62.8 Å². The van der Waals surface area contributed by atoms with Crippen molar-refractivity contribution in [3.8, 4) is 17.2 Å². The Kier molecular flexibility index (Phi) is 8.77. The maximum absolute atomic E-state index is 12.4. The minimum Gasteiger partial charge on any atom is -0.493 e. The van der Waals surface area contributed by atoms with Crippen LogP contribution < -0.4 is 19.5 Å². The molecule has 2 aromatic heterocycles. The predicted octanol–water partition coefficient (Wildman–Crippen LogP) is 6.18. The second-order valence-electron chi connectivity index (χ2n) is 10.8. The molecule has 11 nitrogen and oxygen atoms in total. The van der Waals surface area contributed by atoms with Gasteiger partial charge in [-0.25, -0.2) is 14.8 Å². The Balaban J connectivity index is 1.29. The lowest BCUT2D eigenvalue weighted by molar-refractivity contribution is 0.0124. The van der Waals surface area contributed by atoms with Crippen molar-refractivity contribution in [1.82, 2.24) is 24.8 Å². The number of likely N-dealkylation sites (tertiary alicyclic amines) is 1. The summed E-state index contributed by atoms with van der Waals surface area (Å²) >= 11 is 6.51. The Bertz CT molecular complexity index is 1540. The number of hydrogen-bond donors (Lipinski definition) is 1. The van der Waals surface area contributed by atoms with Gasteiger partial charge in [0.1, 0.15) is 36.2 Å². The molecule has 220 valence electrons. The van der Waals surface area contributed by atoms with Gasteiger partial charge in [0, 0.05) is 55.5 Å². The molecule has 2 aromatic carbocycles. The van der Waals surface area contributed by atoms with Gasteiger partial charge in [-0.15, -0.1) is 0 Å². The number of methoxy groups -OCH3 is 1. The van der Waals surface area contributed by atoms with Gasteiger partial charge in [-0.05, 0) is 45.0 Å². The molecule has 1 amide bonds. The number of amides is 1. The zero-order valence-electron chi connectivity index (χ0n) is 24.0. The van der Waals surface area contributed by atoms with Crippen LogP contribution in [-0.2, 0) is 11.3 Å². The first-order valence-corrected chi connectivity index (χ1v) is 14.0. The Morgan fingerprint density at radius 3 is 2.55 bits per heavy atom. The summed E-state index contributed by atoms with van der Waals surface area (Å²) in [7, 11) is 1.59. The number of aromatic nitrogens is 4. The van der Waals surface area contributed by atoms with Crippen molar-refractivity contribution in [3.05, 3.63) is 66.0 Å². The second-order valence-corrected chi connectivity index (χ2v) is 11.2. The van der Waals surface area contributed by atoms with Gasteiger partial charge >= 0.3 is 6.09 Å². The average Bonchev–Trinajstić information content (AvgIpc) is 2.97. The van der Waals surface area contributed by atoms with Crippen LogP contribution in [0.4, 0.5) is 16.3 Å². The van der Waals surface area contributed by atoms with Crippen molar-refractivity contribution in [1.29, 1.82) is 0 Å². The minimum atomic E-state index is -0.532. The van der Waals surface area contributed by atoms with E-state index in [1.54, 1.807) is 42.7 Å². The molecule has 5 rings (SSSR count). The fourth-order valence-corrected chi connectivity index (χ4v) is 4.70. The zero-order chi connectivity index (χ0) is 29.7. The van der Waals surface area contributed by atoms with Gasteiger partial charge in [0.15, 0.2) is 11.5 Å². The molecule has 1 fully saturated rings. The van der Waals surface area contributed by atoms with Crippen LogP contribution >= 0.6 is 11.6 Å². The normalized spacial score (nSPS) is 14.0. The third-order valence-corrected chi connectivity index (χ3v) is 6.79. The number of hydrogen-bond acceptors (Lipinski definition) is 10. The fraction of sp³-hybridized carbons (Fsp3) is 0.367. The molecular weight excluding hydrogens is 560 g/mol. The van der Waals surface area contributed by atoms with Crippen molar-refractivity contribution < 1.29 is 23.7 Å². The van der Waals surface area contributed by atoms with E-state index in [2.05, 4.69) is 25.3 Å². The molecular formula is C30H33ClN6O5. The number of fused-ring (bicyclic) bond motifs is 1. The van der Waals surface area contributed by atoms with Crippen LogP contribution in [0.5, 0.6) is 17.2 Å². The molecule has 1 N–H and O–H groups in total. The molecule has 0 saturated carbocycles. The average molecular weight is 593 g/mol. The van der Waals surface area contributed by atoms with Gasteiger partial charge in [0.2, 0.25) is 0 Å². The SMILES string of the molecule is COc1cc2ncnc(Nc3ccc(OCc4cnccn4)c(Cl)c3)c2cc1OC1CCN(C(=O)OC(C)(C)C)CC1. The molecule has 0 bridgehead atoms. The Labute approximate surface area is 249 Å². The molecule has 0 radical (unpaired) electrons. The van der Waals surface area contributed by atoms with Crippen molar-refractivity contribution >= 4 is 40.1 Å². The maximum atomic E-state index is 12.4. The van der Waals surface area contributed by atoms with E-state index in [4.69, 9.17) is 30.5 Å². The lowest BCUT2D eigenvalue weighted by Gasteiger charge is -2.33. The van der Waals surface area contributed by atoms with Gasteiger partial charge in [-0.1, -0.05) is 11.6 Å².